The summed E-state index contributed by atoms with van der Waals surface area (Å²) < 4.78 is 1.85. The summed E-state index contributed by atoms with van der Waals surface area (Å²) in [7, 11) is 0. The largest absolute Gasteiger partial charge is 0.311 e. The Kier molecular flexibility index (Phi) is 4.35. The SMILES string of the molecule is CCNCc1nn(-c2ccc(C)cc2C)c(C)cc1=O. The van der Waals surface area contributed by atoms with Crippen molar-refractivity contribution in [2.45, 2.75) is 34.2 Å². The Hall–Kier alpha value is -1.94. The van der Waals surface area contributed by atoms with Crippen molar-refractivity contribution in [3.8, 4) is 5.69 Å². The van der Waals surface area contributed by atoms with Gasteiger partial charge in [0.15, 0.2) is 0 Å². The first-order valence-corrected chi connectivity index (χ1v) is 6.91. The van der Waals surface area contributed by atoms with Gasteiger partial charge in [-0.25, -0.2) is 4.68 Å². The number of aromatic nitrogens is 2. The van der Waals surface area contributed by atoms with Gasteiger partial charge in [0.1, 0.15) is 5.69 Å². The van der Waals surface area contributed by atoms with Crippen LogP contribution in [0, 0.1) is 20.8 Å². The van der Waals surface area contributed by atoms with Crippen LogP contribution in [0.1, 0.15) is 29.4 Å². The van der Waals surface area contributed by atoms with E-state index in [-0.39, 0.29) is 5.43 Å². The lowest BCUT2D eigenvalue weighted by atomic mass is 10.1. The number of nitrogens with zero attached hydrogens (tertiary/aromatic N) is 2. The average Bonchev–Trinajstić information content (AvgIpc) is 2.39. The fourth-order valence-electron chi connectivity index (χ4n) is 2.24. The highest BCUT2D eigenvalue weighted by atomic mass is 16.1. The van der Waals surface area contributed by atoms with Gasteiger partial charge in [-0.15, -0.1) is 0 Å². The van der Waals surface area contributed by atoms with E-state index < -0.39 is 0 Å². The molecule has 0 spiro atoms. The molecule has 1 aromatic heterocycles. The van der Waals surface area contributed by atoms with Gasteiger partial charge in [-0.3, -0.25) is 4.79 Å². The Bertz CT molecular complexity index is 674. The van der Waals surface area contributed by atoms with E-state index in [1.165, 1.54) is 5.56 Å². The van der Waals surface area contributed by atoms with E-state index in [1.54, 1.807) is 6.07 Å². The van der Waals surface area contributed by atoms with Crippen molar-refractivity contribution in [2.24, 2.45) is 0 Å². The van der Waals surface area contributed by atoms with Crippen molar-refractivity contribution >= 4 is 0 Å². The number of hydrogen-bond donors (Lipinski definition) is 1. The third kappa shape index (κ3) is 2.96. The second kappa shape index (κ2) is 6.01. The highest BCUT2D eigenvalue weighted by molar-refractivity contribution is 5.42. The second-order valence-corrected chi connectivity index (χ2v) is 5.08. The first-order valence-electron chi connectivity index (χ1n) is 6.91. The summed E-state index contributed by atoms with van der Waals surface area (Å²) in [4.78, 5) is 12.0. The van der Waals surface area contributed by atoms with Gasteiger partial charge in [0.2, 0.25) is 5.43 Å². The fourth-order valence-corrected chi connectivity index (χ4v) is 2.24. The molecule has 106 valence electrons. The van der Waals surface area contributed by atoms with Crippen molar-refractivity contribution in [1.29, 1.82) is 0 Å². The molecule has 0 bridgehead atoms. The molecule has 0 aliphatic rings. The molecule has 0 saturated heterocycles. The van der Waals surface area contributed by atoms with Gasteiger partial charge in [0.05, 0.1) is 5.69 Å². The molecule has 0 fully saturated rings. The maximum atomic E-state index is 12.0. The molecule has 1 N–H and O–H groups in total. The zero-order valence-corrected chi connectivity index (χ0v) is 12.5. The minimum absolute atomic E-state index is 0.00975. The Labute approximate surface area is 119 Å². The normalized spacial score (nSPS) is 10.8. The van der Waals surface area contributed by atoms with Crippen LogP contribution in [0.3, 0.4) is 0 Å². The molecule has 2 rings (SSSR count). The number of benzene rings is 1. The zero-order valence-electron chi connectivity index (χ0n) is 12.5. The maximum Gasteiger partial charge on any atom is 0.204 e. The molecule has 4 nitrogen and oxygen atoms in total. The molecule has 0 aliphatic heterocycles. The van der Waals surface area contributed by atoms with E-state index in [2.05, 4.69) is 36.4 Å². The molecular formula is C16H21N3O. The van der Waals surface area contributed by atoms with Gasteiger partial charge in [0.25, 0.3) is 0 Å². The van der Waals surface area contributed by atoms with E-state index >= 15 is 0 Å². The summed E-state index contributed by atoms with van der Waals surface area (Å²) in [5.74, 6) is 0. The molecular weight excluding hydrogens is 250 g/mol. The standard InChI is InChI=1S/C16H21N3O/c1-5-17-10-14-16(20)9-13(4)19(18-14)15-7-6-11(2)8-12(15)3/h6-9,17H,5,10H2,1-4H3. The number of hydrogen-bond acceptors (Lipinski definition) is 3. The van der Waals surface area contributed by atoms with Crippen LogP contribution >= 0.6 is 0 Å². The van der Waals surface area contributed by atoms with Crippen LogP contribution in [0.2, 0.25) is 0 Å². The number of aryl methyl sites for hydroxylation is 3. The van der Waals surface area contributed by atoms with E-state index in [1.807, 2.05) is 24.6 Å². The van der Waals surface area contributed by atoms with Crippen molar-refractivity contribution in [3.05, 3.63) is 57.0 Å². The minimum atomic E-state index is -0.00975. The average molecular weight is 271 g/mol. The third-order valence-electron chi connectivity index (χ3n) is 3.30. The molecule has 0 unspecified atom stereocenters. The quantitative estimate of drug-likeness (QED) is 0.928. The molecule has 20 heavy (non-hydrogen) atoms. The highest BCUT2D eigenvalue weighted by Crippen LogP contribution is 2.15. The summed E-state index contributed by atoms with van der Waals surface area (Å²) in [5.41, 5.74) is 4.78. The lowest BCUT2D eigenvalue weighted by Crippen LogP contribution is -2.24. The van der Waals surface area contributed by atoms with E-state index in [0.29, 0.717) is 12.2 Å². The molecule has 1 aromatic carbocycles. The Morgan fingerprint density at radius 2 is 1.95 bits per heavy atom. The summed E-state index contributed by atoms with van der Waals surface area (Å²) in [6, 6.07) is 7.88. The van der Waals surface area contributed by atoms with E-state index in [0.717, 1.165) is 23.5 Å². The van der Waals surface area contributed by atoms with Crippen molar-refractivity contribution < 1.29 is 0 Å². The van der Waals surface area contributed by atoms with Gasteiger partial charge >= 0.3 is 0 Å². The van der Waals surface area contributed by atoms with E-state index in [9.17, 15) is 4.79 Å². The number of nitrogens with one attached hydrogen (secondary N) is 1. The molecule has 0 amide bonds. The van der Waals surface area contributed by atoms with Crippen LogP contribution in [0.5, 0.6) is 0 Å². The predicted octanol–water partition coefficient (Wildman–Crippen LogP) is 2.27. The van der Waals surface area contributed by atoms with Crippen LogP contribution in [0.25, 0.3) is 5.69 Å². The monoisotopic (exact) mass is 271 g/mol. The molecule has 0 saturated carbocycles. The lowest BCUT2D eigenvalue weighted by molar-refractivity contribution is 0.665. The highest BCUT2D eigenvalue weighted by Gasteiger charge is 2.09. The van der Waals surface area contributed by atoms with Crippen LogP contribution in [0.4, 0.5) is 0 Å². The van der Waals surface area contributed by atoms with Gasteiger partial charge < -0.3 is 5.32 Å². The van der Waals surface area contributed by atoms with E-state index in [4.69, 9.17) is 0 Å². The summed E-state index contributed by atoms with van der Waals surface area (Å²) >= 11 is 0. The molecule has 0 aliphatic carbocycles. The first kappa shape index (κ1) is 14.5. The minimum Gasteiger partial charge on any atom is -0.311 e. The van der Waals surface area contributed by atoms with Crippen molar-refractivity contribution in [2.75, 3.05) is 6.54 Å². The molecule has 4 heteroatoms. The second-order valence-electron chi connectivity index (χ2n) is 5.08. The molecule has 0 radical (unpaired) electrons. The van der Waals surface area contributed by atoms with Crippen LogP contribution in [0.15, 0.2) is 29.1 Å². The molecule has 2 aromatic rings. The maximum absolute atomic E-state index is 12.0. The zero-order chi connectivity index (χ0) is 14.7. The summed E-state index contributed by atoms with van der Waals surface area (Å²) in [5, 5.41) is 7.66. The first-order chi connectivity index (χ1) is 9.52. The molecule has 1 heterocycles. The van der Waals surface area contributed by atoms with Crippen LogP contribution < -0.4 is 10.7 Å². The Morgan fingerprint density at radius 3 is 2.60 bits per heavy atom. The van der Waals surface area contributed by atoms with Crippen molar-refractivity contribution in [1.82, 2.24) is 15.1 Å². The summed E-state index contributed by atoms with van der Waals surface area (Å²) in [6.07, 6.45) is 0. The van der Waals surface area contributed by atoms with Crippen LogP contribution in [-0.2, 0) is 6.54 Å². The Morgan fingerprint density at radius 1 is 1.20 bits per heavy atom. The van der Waals surface area contributed by atoms with Crippen molar-refractivity contribution in [3.63, 3.8) is 0 Å². The number of rotatable bonds is 4. The van der Waals surface area contributed by atoms with Gasteiger partial charge in [-0.1, -0.05) is 24.6 Å². The summed E-state index contributed by atoms with van der Waals surface area (Å²) in [6.45, 7) is 9.37. The lowest BCUT2D eigenvalue weighted by Gasteiger charge is -2.14. The predicted molar refractivity (Wildman–Crippen MR) is 81.4 cm³/mol. The smallest absolute Gasteiger partial charge is 0.204 e. The fraction of sp³-hybridized carbons (Fsp3) is 0.375. The third-order valence-corrected chi connectivity index (χ3v) is 3.30. The van der Waals surface area contributed by atoms with Gasteiger partial charge in [0, 0.05) is 18.3 Å². The van der Waals surface area contributed by atoms with Gasteiger partial charge in [-0.2, -0.15) is 5.10 Å². The Balaban J connectivity index is 2.53. The molecule has 0 atom stereocenters. The van der Waals surface area contributed by atoms with Gasteiger partial charge in [-0.05, 0) is 38.9 Å². The van der Waals surface area contributed by atoms with Crippen LogP contribution in [-0.4, -0.2) is 16.3 Å². The topological polar surface area (TPSA) is 46.9 Å².